The van der Waals surface area contributed by atoms with Gasteiger partial charge in [-0.3, -0.25) is 9.59 Å². The number of carboxylic acids is 1. The Morgan fingerprint density at radius 2 is 2.09 bits per heavy atom. The fourth-order valence-electron chi connectivity index (χ4n) is 2.56. The van der Waals surface area contributed by atoms with E-state index in [9.17, 15) is 9.59 Å². The monoisotopic (exact) mass is 305 g/mol. The summed E-state index contributed by atoms with van der Waals surface area (Å²) in [6, 6.07) is 5.95. The van der Waals surface area contributed by atoms with Crippen LogP contribution in [0.3, 0.4) is 0 Å². The van der Waals surface area contributed by atoms with E-state index in [2.05, 4.69) is 6.92 Å². The molecule has 1 fully saturated rings. The van der Waals surface area contributed by atoms with E-state index < -0.39 is 11.9 Å². The van der Waals surface area contributed by atoms with Gasteiger partial charge in [0.05, 0.1) is 12.5 Å². The predicted molar refractivity (Wildman–Crippen MR) is 83.0 cm³/mol. The number of likely N-dealkylation sites (tertiary alicyclic amines) is 1. The van der Waals surface area contributed by atoms with Crippen LogP contribution in [0.1, 0.15) is 30.4 Å². The second-order valence-corrected chi connectivity index (χ2v) is 5.86. The summed E-state index contributed by atoms with van der Waals surface area (Å²) in [4.78, 5) is 24.5. The number of rotatable bonds is 6. The molecule has 22 heavy (non-hydrogen) atoms. The van der Waals surface area contributed by atoms with Gasteiger partial charge in [0, 0.05) is 19.5 Å². The topological polar surface area (TPSA) is 66.8 Å². The summed E-state index contributed by atoms with van der Waals surface area (Å²) in [5.74, 6) is -0.376. The van der Waals surface area contributed by atoms with Crippen LogP contribution in [0.5, 0.6) is 5.75 Å². The van der Waals surface area contributed by atoms with Crippen LogP contribution < -0.4 is 4.74 Å². The third-order valence-corrected chi connectivity index (χ3v) is 4.17. The number of carboxylic acid groups (broad SMARTS) is 1. The van der Waals surface area contributed by atoms with E-state index in [1.54, 1.807) is 4.90 Å². The molecule has 0 aromatic heterocycles. The van der Waals surface area contributed by atoms with Gasteiger partial charge in [-0.1, -0.05) is 6.07 Å². The molecule has 0 spiro atoms. The number of carbonyl (C=O) groups excluding carboxylic acids is 1. The van der Waals surface area contributed by atoms with Gasteiger partial charge in [0.15, 0.2) is 0 Å². The maximum atomic E-state index is 12.0. The maximum absolute atomic E-state index is 12.0. The third kappa shape index (κ3) is 4.23. The van der Waals surface area contributed by atoms with Crippen molar-refractivity contribution in [3.8, 4) is 5.75 Å². The molecular weight excluding hydrogens is 282 g/mol. The van der Waals surface area contributed by atoms with Crippen molar-refractivity contribution >= 4 is 11.9 Å². The number of ether oxygens (including phenoxy) is 1. The molecule has 1 amide bonds. The van der Waals surface area contributed by atoms with Crippen molar-refractivity contribution < 1.29 is 19.4 Å². The number of aryl methyl sites for hydroxylation is 2. The molecule has 0 bridgehead atoms. The minimum atomic E-state index is -0.812. The van der Waals surface area contributed by atoms with Crippen molar-refractivity contribution in [2.45, 2.75) is 33.1 Å². The summed E-state index contributed by atoms with van der Waals surface area (Å²) in [6.45, 7) is 5.47. The number of amides is 1. The molecule has 1 atom stereocenters. The summed E-state index contributed by atoms with van der Waals surface area (Å²) in [5.41, 5.74) is 2.41. The second-order valence-electron chi connectivity index (χ2n) is 5.86. The highest BCUT2D eigenvalue weighted by molar-refractivity contribution is 5.78. The quantitative estimate of drug-likeness (QED) is 0.820. The Bertz CT molecular complexity index is 556. The molecule has 2 rings (SSSR count). The number of hydrogen-bond donors (Lipinski definition) is 1. The van der Waals surface area contributed by atoms with E-state index in [1.807, 2.05) is 25.1 Å². The first kappa shape index (κ1) is 16.3. The average molecular weight is 305 g/mol. The summed E-state index contributed by atoms with van der Waals surface area (Å²) in [7, 11) is 0. The highest BCUT2D eigenvalue weighted by Crippen LogP contribution is 2.19. The van der Waals surface area contributed by atoms with Crippen LogP contribution in [-0.4, -0.2) is 41.6 Å². The molecule has 120 valence electrons. The zero-order valence-corrected chi connectivity index (χ0v) is 13.2. The summed E-state index contributed by atoms with van der Waals surface area (Å²) in [6.07, 6.45) is 1.59. The van der Waals surface area contributed by atoms with Crippen LogP contribution in [-0.2, 0) is 9.59 Å². The van der Waals surface area contributed by atoms with Gasteiger partial charge < -0.3 is 14.7 Å². The minimum absolute atomic E-state index is 0.0208. The van der Waals surface area contributed by atoms with Crippen LogP contribution in [0.2, 0.25) is 0 Å². The molecule has 0 aliphatic carbocycles. The van der Waals surface area contributed by atoms with E-state index in [4.69, 9.17) is 9.84 Å². The lowest BCUT2D eigenvalue weighted by atomic mass is 10.1. The Labute approximate surface area is 130 Å². The number of carbonyl (C=O) groups is 2. The molecule has 1 heterocycles. The van der Waals surface area contributed by atoms with Crippen LogP contribution in [0.15, 0.2) is 18.2 Å². The fraction of sp³-hybridized carbons (Fsp3) is 0.529. The van der Waals surface area contributed by atoms with Crippen molar-refractivity contribution in [2.24, 2.45) is 5.92 Å². The van der Waals surface area contributed by atoms with E-state index in [0.29, 0.717) is 39.0 Å². The maximum Gasteiger partial charge on any atom is 0.308 e. The van der Waals surface area contributed by atoms with Crippen LogP contribution in [0.25, 0.3) is 0 Å². The first-order chi connectivity index (χ1) is 10.5. The molecule has 1 N–H and O–H groups in total. The normalized spacial score (nSPS) is 17.5. The van der Waals surface area contributed by atoms with Gasteiger partial charge >= 0.3 is 5.97 Å². The molecule has 5 heteroatoms. The Hall–Kier alpha value is -2.04. The van der Waals surface area contributed by atoms with Crippen LogP contribution in [0, 0.1) is 19.8 Å². The molecule has 1 saturated heterocycles. The molecule has 5 nitrogen and oxygen atoms in total. The molecule has 1 aromatic rings. The van der Waals surface area contributed by atoms with Crippen molar-refractivity contribution in [1.82, 2.24) is 4.90 Å². The van der Waals surface area contributed by atoms with Gasteiger partial charge in [-0.25, -0.2) is 0 Å². The number of nitrogens with zero attached hydrogens (tertiary/aromatic N) is 1. The molecule has 1 aliphatic rings. The molecule has 0 unspecified atom stereocenters. The van der Waals surface area contributed by atoms with E-state index >= 15 is 0 Å². The highest BCUT2D eigenvalue weighted by atomic mass is 16.5. The van der Waals surface area contributed by atoms with Crippen molar-refractivity contribution in [1.29, 1.82) is 0 Å². The van der Waals surface area contributed by atoms with Crippen LogP contribution in [0.4, 0.5) is 0 Å². The average Bonchev–Trinajstić information content (AvgIpc) is 2.97. The number of aliphatic carboxylic acids is 1. The van der Waals surface area contributed by atoms with Gasteiger partial charge in [-0.05, 0) is 49.9 Å². The first-order valence-electron chi connectivity index (χ1n) is 7.68. The van der Waals surface area contributed by atoms with Crippen molar-refractivity contribution in [2.75, 3.05) is 19.7 Å². The van der Waals surface area contributed by atoms with Gasteiger partial charge in [0.2, 0.25) is 5.91 Å². The zero-order valence-electron chi connectivity index (χ0n) is 13.2. The Balaban J connectivity index is 1.69. The summed E-state index contributed by atoms with van der Waals surface area (Å²) in [5, 5.41) is 8.94. The molecule has 1 aliphatic heterocycles. The summed E-state index contributed by atoms with van der Waals surface area (Å²) < 4.78 is 5.65. The van der Waals surface area contributed by atoms with E-state index in [0.717, 1.165) is 5.75 Å². The third-order valence-electron chi connectivity index (χ3n) is 4.17. The van der Waals surface area contributed by atoms with Gasteiger partial charge in [-0.15, -0.1) is 0 Å². The number of benzene rings is 1. The lowest BCUT2D eigenvalue weighted by molar-refractivity contribution is -0.141. The van der Waals surface area contributed by atoms with Crippen molar-refractivity contribution in [3.05, 3.63) is 29.3 Å². The molecule has 0 saturated carbocycles. The van der Waals surface area contributed by atoms with Gasteiger partial charge in [0.25, 0.3) is 0 Å². The SMILES string of the molecule is Cc1ccc(OCCCC(=O)N2CC[C@@H](C(=O)O)C2)cc1C. The standard InChI is InChI=1S/C17H23NO4/c1-12-5-6-15(10-13(12)2)22-9-3-4-16(19)18-8-7-14(11-18)17(20)21/h5-6,10,14H,3-4,7-9,11H2,1-2H3,(H,20,21)/t14-/m1/s1. The van der Waals surface area contributed by atoms with E-state index in [1.165, 1.54) is 11.1 Å². The van der Waals surface area contributed by atoms with E-state index in [-0.39, 0.29) is 5.91 Å². The zero-order chi connectivity index (χ0) is 16.1. The molecule has 0 radical (unpaired) electrons. The van der Waals surface area contributed by atoms with Gasteiger partial charge in [0.1, 0.15) is 5.75 Å². The minimum Gasteiger partial charge on any atom is -0.494 e. The van der Waals surface area contributed by atoms with Gasteiger partial charge in [-0.2, -0.15) is 0 Å². The highest BCUT2D eigenvalue weighted by Gasteiger charge is 2.30. The largest absolute Gasteiger partial charge is 0.494 e. The lowest BCUT2D eigenvalue weighted by Crippen LogP contribution is -2.30. The second kappa shape index (κ2) is 7.29. The smallest absolute Gasteiger partial charge is 0.308 e. The number of hydrogen-bond acceptors (Lipinski definition) is 3. The predicted octanol–water partition coefficient (Wildman–Crippen LogP) is 2.40. The Morgan fingerprint density at radius 3 is 2.73 bits per heavy atom. The van der Waals surface area contributed by atoms with Crippen molar-refractivity contribution in [3.63, 3.8) is 0 Å². The summed E-state index contributed by atoms with van der Waals surface area (Å²) >= 11 is 0. The lowest BCUT2D eigenvalue weighted by Gasteiger charge is -2.15. The molecule has 1 aromatic carbocycles. The fourth-order valence-corrected chi connectivity index (χ4v) is 2.56. The Morgan fingerprint density at radius 1 is 1.32 bits per heavy atom. The Kier molecular flexibility index (Phi) is 5.41. The first-order valence-corrected chi connectivity index (χ1v) is 7.68. The van der Waals surface area contributed by atoms with Crippen LogP contribution >= 0.6 is 0 Å². The molecular formula is C17H23NO4.